The van der Waals surface area contributed by atoms with Crippen LogP contribution in [0.2, 0.25) is 0 Å². The van der Waals surface area contributed by atoms with Crippen molar-refractivity contribution in [1.29, 1.82) is 0 Å². The van der Waals surface area contributed by atoms with E-state index in [4.69, 9.17) is 9.84 Å². The Labute approximate surface area is 152 Å². The lowest BCUT2D eigenvalue weighted by atomic mass is 10.1. The Bertz CT molecular complexity index is 497. The molecule has 2 atom stereocenters. The molecule has 1 aliphatic rings. The topological polar surface area (TPSA) is 49.8 Å². The lowest BCUT2D eigenvalue weighted by Gasteiger charge is -1.89. The van der Waals surface area contributed by atoms with Gasteiger partial charge >= 0.3 is 5.97 Å². The van der Waals surface area contributed by atoms with Gasteiger partial charge in [0.2, 0.25) is 0 Å². The lowest BCUT2D eigenvalue weighted by molar-refractivity contribution is -0.136. The van der Waals surface area contributed by atoms with E-state index >= 15 is 0 Å². The number of carbonyl (C=O) groups is 1. The third-order valence-electron chi connectivity index (χ3n) is 3.83. The third kappa shape index (κ3) is 13.1. The predicted octanol–water partition coefficient (Wildman–Crippen LogP) is 5.76. The predicted molar refractivity (Wildman–Crippen MR) is 105 cm³/mol. The fraction of sp³-hybridized carbons (Fsp3) is 0.500. The molecule has 0 saturated carbocycles. The Morgan fingerprint density at radius 1 is 0.800 bits per heavy atom. The van der Waals surface area contributed by atoms with Crippen LogP contribution in [0.4, 0.5) is 0 Å². The van der Waals surface area contributed by atoms with Crippen molar-refractivity contribution in [3.8, 4) is 0 Å². The lowest BCUT2D eigenvalue weighted by Crippen LogP contribution is -1.92. The van der Waals surface area contributed by atoms with Gasteiger partial charge in [-0.15, -0.1) is 0 Å². The molecule has 0 spiro atoms. The first-order valence-corrected chi connectivity index (χ1v) is 9.36. The van der Waals surface area contributed by atoms with Gasteiger partial charge in [-0.05, 0) is 44.9 Å². The van der Waals surface area contributed by atoms with Crippen LogP contribution in [0.3, 0.4) is 0 Å². The summed E-state index contributed by atoms with van der Waals surface area (Å²) in [6, 6.07) is 0. The second-order valence-electron chi connectivity index (χ2n) is 6.09. The summed E-state index contributed by atoms with van der Waals surface area (Å²) in [5, 5.41) is 8.54. The van der Waals surface area contributed by atoms with Crippen molar-refractivity contribution in [3.05, 3.63) is 60.8 Å². The minimum atomic E-state index is -0.746. The summed E-state index contributed by atoms with van der Waals surface area (Å²) in [5.41, 5.74) is 0. The average Bonchev–Trinajstić information content (AvgIpc) is 3.33. The van der Waals surface area contributed by atoms with Crippen LogP contribution in [0.15, 0.2) is 60.8 Å². The Morgan fingerprint density at radius 2 is 1.28 bits per heavy atom. The quantitative estimate of drug-likeness (QED) is 0.322. The van der Waals surface area contributed by atoms with Gasteiger partial charge in [-0.3, -0.25) is 4.79 Å². The fourth-order valence-electron chi connectivity index (χ4n) is 2.36. The molecule has 3 nitrogen and oxygen atoms in total. The molecule has 0 bridgehead atoms. The van der Waals surface area contributed by atoms with E-state index in [2.05, 4.69) is 55.5 Å². The summed E-state index contributed by atoms with van der Waals surface area (Å²) in [5.74, 6) is -0.746. The number of allylic oxidation sites excluding steroid dienone is 8. The maximum atomic E-state index is 10.4. The molecule has 0 amide bonds. The standard InChI is InChI=1S/C22H32O3/c1-2-3-4-5-6-7-8-9-10-11-12-14-17-20-21(25-20)18-15-13-16-19-22(23)24/h3-4,6-7,9-10,12-15,20-21H,2,5,8,11,16-19H2,1H3,(H,23,24)/b4-3-,7-6-,10-9-,14-12-,15-13-. The van der Waals surface area contributed by atoms with Crippen LogP contribution in [0.25, 0.3) is 0 Å². The fourth-order valence-corrected chi connectivity index (χ4v) is 2.36. The molecule has 1 fully saturated rings. The monoisotopic (exact) mass is 344 g/mol. The zero-order valence-corrected chi connectivity index (χ0v) is 15.3. The van der Waals surface area contributed by atoms with E-state index in [1.807, 2.05) is 12.2 Å². The molecular weight excluding hydrogens is 312 g/mol. The summed E-state index contributed by atoms with van der Waals surface area (Å²) in [6.07, 6.45) is 28.9. The second-order valence-corrected chi connectivity index (χ2v) is 6.09. The number of hydrogen-bond donors (Lipinski definition) is 1. The van der Waals surface area contributed by atoms with Crippen molar-refractivity contribution in [3.63, 3.8) is 0 Å². The molecule has 2 unspecified atom stereocenters. The first-order chi connectivity index (χ1) is 12.2. The number of aliphatic carboxylic acids is 1. The number of hydrogen-bond acceptors (Lipinski definition) is 2. The molecule has 1 heterocycles. The van der Waals surface area contributed by atoms with Gasteiger partial charge in [0, 0.05) is 6.42 Å². The van der Waals surface area contributed by atoms with Crippen LogP contribution < -0.4 is 0 Å². The molecule has 1 N–H and O–H groups in total. The minimum Gasteiger partial charge on any atom is -0.481 e. The Hall–Kier alpha value is -1.87. The number of ether oxygens (including phenoxy) is 1. The van der Waals surface area contributed by atoms with Crippen molar-refractivity contribution >= 4 is 5.97 Å². The van der Waals surface area contributed by atoms with Gasteiger partial charge in [0.25, 0.3) is 0 Å². The molecule has 0 aliphatic carbocycles. The number of epoxide rings is 1. The summed E-state index contributed by atoms with van der Waals surface area (Å²) >= 11 is 0. The smallest absolute Gasteiger partial charge is 0.303 e. The van der Waals surface area contributed by atoms with Crippen molar-refractivity contribution in [2.75, 3.05) is 0 Å². The highest BCUT2D eigenvalue weighted by Gasteiger charge is 2.35. The number of carboxylic acids is 1. The maximum absolute atomic E-state index is 10.4. The van der Waals surface area contributed by atoms with Crippen LogP contribution in [-0.4, -0.2) is 23.3 Å². The molecule has 0 radical (unpaired) electrons. The van der Waals surface area contributed by atoms with Gasteiger partial charge in [0.1, 0.15) is 0 Å². The molecule has 0 aromatic carbocycles. The van der Waals surface area contributed by atoms with E-state index in [0.29, 0.717) is 18.6 Å². The zero-order chi connectivity index (χ0) is 18.2. The Kier molecular flexibility index (Phi) is 12.3. The molecule has 1 aliphatic heterocycles. The van der Waals surface area contributed by atoms with Crippen molar-refractivity contribution < 1.29 is 14.6 Å². The van der Waals surface area contributed by atoms with E-state index in [1.54, 1.807) is 0 Å². The largest absolute Gasteiger partial charge is 0.481 e. The summed E-state index contributed by atoms with van der Waals surface area (Å²) in [6.45, 7) is 2.15. The molecule has 0 aromatic rings. The van der Waals surface area contributed by atoms with E-state index in [-0.39, 0.29) is 6.42 Å². The van der Waals surface area contributed by atoms with Gasteiger partial charge < -0.3 is 9.84 Å². The maximum Gasteiger partial charge on any atom is 0.303 e. The molecule has 1 rings (SSSR count). The SMILES string of the molecule is CC/C=C\C/C=C\C/C=C\C/C=C\CC1OC1C/C=C\CCC(=O)O. The van der Waals surface area contributed by atoms with Gasteiger partial charge in [0.15, 0.2) is 0 Å². The molecule has 1 saturated heterocycles. The van der Waals surface area contributed by atoms with Gasteiger partial charge in [-0.1, -0.05) is 67.7 Å². The van der Waals surface area contributed by atoms with E-state index in [1.165, 1.54) is 0 Å². The summed E-state index contributed by atoms with van der Waals surface area (Å²) in [4.78, 5) is 10.4. The van der Waals surface area contributed by atoms with Crippen LogP contribution >= 0.6 is 0 Å². The van der Waals surface area contributed by atoms with Gasteiger partial charge in [0.05, 0.1) is 12.2 Å². The van der Waals surface area contributed by atoms with Gasteiger partial charge in [-0.2, -0.15) is 0 Å². The molecule has 138 valence electrons. The number of rotatable bonds is 14. The van der Waals surface area contributed by atoms with Gasteiger partial charge in [-0.25, -0.2) is 0 Å². The van der Waals surface area contributed by atoms with Crippen LogP contribution in [0, 0.1) is 0 Å². The highest BCUT2D eigenvalue weighted by atomic mass is 16.6. The van der Waals surface area contributed by atoms with Crippen LogP contribution in [0.1, 0.15) is 58.3 Å². The highest BCUT2D eigenvalue weighted by molar-refractivity contribution is 5.66. The molecule has 3 heteroatoms. The normalized spacial score (nSPS) is 20.8. The van der Waals surface area contributed by atoms with Crippen LogP contribution in [0.5, 0.6) is 0 Å². The van der Waals surface area contributed by atoms with Crippen LogP contribution in [-0.2, 0) is 9.53 Å². The zero-order valence-electron chi connectivity index (χ0n) is 15.3. The first kappa shape index (κ1) is 21.2. The minimum absolute atomic E-state index is 0.202. The second kappa shape index (κ2) is 14.5. The highest BCUT2D eigenvalue weighted by Crippen LogP contribution is 2.29. The van der Waals surface area contributed by atoms with E-state index < -0.39 is 5.97 Å². The summed E-state index contributed by atoms with van der Waals surface area (Å²) < 4.78 is 5.59. The van der Waals surface area contributed by atoms with E-state index in [0.717, 1.165) is 38.5 Å². The molecule has 0 aromatic heterocycles. The molecular formula is C22H32O3. The van der Waals surface area contributed by atoms with Crippen molar-refractivity contribution in [2.24, 2.45) is 0 Å². The number of carboxylic acid groups (broad SMARTS) is 1. The summed E-state index contributed by atoms with van der Waals surface area (Å²) in [7, 11) is 0. The average molecular weight is 344 g/mol. The Morgan fingerprint density at radius 3 is 1.80 bits per heavy atom. The van der Waals surface area contributed by atoms with Crippen molar-refractivity contribution in [1.82, 2.24) is 0 Å². The Balaban J connectivity index is 1.96. The third-order valence-corrected chi connectivity index (χ3v) is 3.83. The first-order valence-electron chi connectivity index (χ1n) is 9.36. The van der Waals surface area contributed by atoms with E-state index in [9.17, 15) is 4.79 Å². The van der Waals surface area contributed by atoms with Crippen molar-refractivity contribution in [2.45, 2.75) is 70.5 Å². The molecule has 25 heavy (non-hydrogen) atoms.